The highest BCUT2D eigenvalue weighted by Gasteiger charge is 2.33. The van der Waals surface area contributed by atoms with E-state index in [9.17, 15) is 22.0 Å². The predicted octanol–water partition coefficient (Wildman–Crippen LogP) is 2.57. The first-order valence-electron chi connectivity index (χ1n) is 3.77. The molecule has 0 aliphatic carbocycles. The first-order chi connectivity index (χ1) is 7.34. The number of hydrogen-bond donors (Lipinski definition) is 0. The van der Waals surface area contributed by atoms with Crippen molar-refractivity contribution in [3.8, 4) is 11.8 Å². The first-order valence-corrected chi connectivity index (χ1v) is 3.77. The molecule has 0 bridgehead atoms. The van der Waals surface area contributed by atoms with Crippen molar-refractivity contribution in [2.24, 2.45) is 0 Å². The molecule has 1 aromatic rings. The van der Waals surface area contributed by atoms with Crippen molar-refractivity contribution >= 4 is 0 Å². The van der Waals surface area contributed by atoms with Crippen LogP contribution in [0.3, 0.4) is 0 Å². The number of pyridine rings is 1. The minimum Gasteiger partial charge on any atom is -0.432 e. The zero-order chi connectivity index (χ0) is 12.3. The normalized spacial score (nSPS) is 11.3. The summed E-state index contributed by atoms with van der Waals surface area (Å²) in [7, 11) is 0. The van der Waals surface area contributed by atoms with E-state index in [1.54, 1.807) is 0 Å². The molecule has 0 aliphatic heterocycles. The second-order valence-electron chi connectivity index (χ2n) is 2.53. The minimum absolute atomic E-state index is 0.457. The molecule has 0 spiro atoms. The van der Waals surface area contributed by atoms with Gasteiger partial charge in [0.25, 0.3) is 0 Å². The number of aromatic nitrogens is 1. The van der Waals surface area contributed by atoms with Gasteiger partial charge in [-0.15, -0.1) is 0 Å². The number of alkyl halides is 5. The van der Waals surface area contributed by atoms with Crippen molar-refractivity contribution in [3.63, 3.8) is 0 Å². The topological polar surface area (TPSA) is 45.9 Å². The third-order valence-corrected chi connectivity index (χ3v) is 1.47. The number of rotatable bonds is 2. The zero-order valence-corrected chi connectivity index (χ0v) is 7.42. The lowest BCUT2D eigenvalue weighted by Crippen LogP contribution is -2.11. The minimum atomic E-state index is -4.74. The Morgan fingerprint density at radius 2 is 1.94 bits per heavy atom. The standard InChI is InChI=1S/C8H3F5N2O/c9-7(10)16-5-1-2-6(8(11,12)13)15-4(5)3-14/h1-2,7H. The molecule has 1 heterocycles. The van der Waals surface area contributed by atoms with Crippen LogP contribution in [0.15, 0.2) is 12.1 Å². The second kappa shape index (κ2) is 4.30. The summed E-state index contributed by atoms with van der Waals surface area (Å²) < 4.78 is 63.8. The second-order valence-corrected chi connectivity index (χ2v) is 2.53. The van der Waals surface area contributed by atoms with Crippen LogP contribution in [0.2, 0.25) is 0 Å². The molecule has 0 fully saturated rings. The van der Waals surface area contributed by atoms with E-state index >= 15 is 0 Å². The Balaban J connectivity index is 3.13. The molecule has 0 aliphatic rings. The summed E-state index contributed by atoms with van der Waals surface area (Å²) in [6, 6.07) is 2.33. The summed E-state index contributed by atoms with van der Waals surface area (Å²) in [5, 5.41) is 8.42. The summed E-state index contributed by atoms with van der Waals surface area (Å²) in [6.45, 7) is -3.23. The van der Waals surface area contributed by atoms with Gasteiger partial charge in [-0.2, -0.15) is 27.2 Å². The first kappa shape index (κ1) is 12.2. The Hall–Kier alpha value is -1.91. The van der Waals surface area contributed by atoms with Gasteiger partial charge in [0.15, 0.2) is 11.4 Å². The van der Waals surface area contributed by atoms with Crippen molar-refractivity contribution < 1.29 is 26.7 Å². The van der Waals surface area contributed by atoms with E-state index in [0.29, 0.717) is 12.1 Å². The summed E-state index contributed by atoms with van der Waals surface area (Å²) in [5.41, 5.74) is -2.18. The highest BCUT2D eigenvalue weighted by molar-refractivity contribution is 5.38. The fraction of sp³-hybridized carbons (Fsp3) is 0.250. The van der Waals surface area contributed by atoms with Crippen LogP contribution >= 0.6 is 0 Å². The van der Waals surface area contributed by atoms with E-state index < -0.39 is 29.9 Å². The van der Waals surface area contributed by atoms with Crippen LogP contribution in [0.1, 0.15) is 11.4 Å². The van der Waals surface area contributed by atoms with Crippen LogP contribution in [0.4, 0.5) is 22.0 Å². The molecule has 0 unspecified atom stereocenters. The zero-order valence-electron chi connectivity index (χ0n) is 7.42. The average molecular weight is 238 g/mol. The van der Waals surface area contributed by atoms with Gasteiger partial charge in [0.05, 0.1) is 0 Å². The average Bonchev–Trinajstić information content (AvgIpc) is 2.15. The highest BCUT2D eigenvalue weighted by atomic mass is 19.4. The fourth-order valence-electron chi connectivity index (χ4n) is 0.875. The number of halogens is 5. The van der Waals surface area contributed by atoms with Gasteiger partial charge in [0, 0.05) is 0 Å². The van der Waals surface area contributed by atoms with Crippen molar-refractivity contribution in [2.45, 2.75) is 12.8 Å². The third-order valence-electron chi connectivity index (χ3n) is 1.47. The van der Waals surface area contributed by atoms with Gasteiger partial charge in [0.1, 0.15) is 11.8 Å². The predicted molar refractivity (Wildman–Crippen MR) is 40.6 cm³/mol. The Morgan fingerprint density at radius 1 is 1.31 bits per heavy atom. The molecule has 86 valence electrons. The molecular formula is C8H3F5N2O. The Kier molecular flexibility index (Phi) is 3.27. The van der Waals surface area contributed by atoms with Gasteiger partial charge >= 0.3 is 12.8 Å². The Bertz CT molecular complexity index is 423. The molecule has 1 rings (SSSR count). The van der Waals surface area contributed by atoms with Crippen LogP contribution < -0.4 is 4.74 Å². The summed E-state index contributed by atoms with van der Waals surface area (Å²) in [4.78, 5) is 2.87. The molecule has 0 aromatic carbocycles. The quantitative estimate of drug-likeness (QED) is 0.744. The van der Waals surface area contributed by atoms with Crippen LogP contribution in [0, 0.1) is 11.3 Å². The van der Waals surface area contributed by atoms with Crippen molar-refractivity contribution in [1.82, 2.24) is 4.98 Å². The molecule has 3 nitrogen and oxygen atoms in total. The molecule has 0 atom stereocenters. The van der Waals surface area contributed by atoms with E-state index in [1.165, 1.54) is 6.07 Å². The van der Waals surface area contributed by atoms with Crippen molar-refractivity contribution in [3.05, 3.63) is 23.5 Å². The van der Waals surface area contributed by atoms with Crippen LogP contribution in [0.25, 0.3) is 0 Å². The SMILES string of the molecule is N#Cc1nc(C(F)(F)F)ccc1OC(F)F. The molecule has 0 amide bonds. The maximum Gasteiger partial charge on any atom is 0.433 e. The van der Waals surface area contributed by atoms with Gasteiger partial charge in [-0.05, 0) is 12.1 Å². The van der Waals surface area contributed by atoms with E-state index in [2.05, 4.69) is 9.72 Å². The van der Waals surface area contributed by atoms with Gasteiger partial charge in [-0.1, -0.05) is 0 Å². The third kappa shape index (κ3) is 2.79. The van der Waals surface area contributed by atoms with Gasteiger partial charge in [0.2, 0.25) is 0 Å². The van der Waals surface area contributed by atoms with Crippen LogP contribution in [-0.4, -0.2) is 11.6 Å². The molecule has 0 N–H and O–H groups in total. The van der Waals surface area contributed by atoms with Crippen LogP contribution in [-0.2, 0) is 6.18 Å². The monoisotopic (exact) mass is 238 g/mol. The smallest absolute Gasteiger partial charge is 0.432 e. The summed E-state index contributed by atoms with van der Waals surface area (Å²) in [6.07, 6.45) is -4.74. The molecular weight excluding hydrogens is 235 g/mol. The van der Waals surface area contributed by atoms with E-state index in [4.69, 9.17) is 5.26 Å². The van der Waals surface area contributed by atoms with E-state index in [0.717, 1.165) is 0 Å². The molecule has 8 heteroatoms. The summed E-state index contributed by atoms with van der Waals surface area (Å²) >= 11 is 0. The number of nitrogens with zero attached hydrogens (tertiary/aromatic N) is 2. The molecule has 0 saturated heterocycles. The lowest BCUT2D eigenvalue weighted by Gasteiger charge is -2.09. The van der Waals surface area contributed by atoms with Gasteiger partial charge in [-0.25, -0.2) is 4.98 Å². The Labute approximate surface area is 86.1 Å². The summed E-state index contributed by atoms with van der Waals surface area (Å²) in [5.74, 6) is -0.689. The highest BCUT2D eigenvalue weighted by Crippen LogP contribution is 2.30. The lowest BCUT2D eigenvalue weighted by atomic mass is 10.3. The van der Waals surface area contributed by atoms with Crippen molar-refractivity contribution in [2.75, 3.05) is 0 Å². The van der Waals surface area contributed by atoms with Crippen molar-refractivity contribution in [1.29, 1.82) is 5.26 Å². The van der Waals surface area contributed by atoms with E-state index in [-0.39, 0.29) is 0 Å². The molecule has 1 aromatic heterocycles. The Morgan fingerprint density at radius 3 is 2.38 bits per heavy atom. The van der Waals surface area contributed by atoms with E-state index in [1.807, 2.05) is 0 Å². The van der Waals surface area contributed by atoms with Crippen LogP contribution in [0.5, 0.6) is 5.75 Å². The van der Waals surface area contributed by atoms with Gasteiger partial charge < -0.3 is 4.74 Å². The number of hydrogen-bond acceptors (Lipinski definition) is 3. The fourth-order valence-corrected chi connectivity index (χ4v) is 0.875. The maximum absolute atomic E-state index is 12.1. The largest absolute Gasteiger partial charge is 0.433 e. The molecule has 0 radical (unpaired) electrons. The van der Waals surface area contributed by atoms with Gasteiger partial charge in [-0.3, -0.25) is 0 Å². The number of nitriles is 1. The molecule has 16 heavy (non-hydrogen) atoms. The maximum atomic E-state index is 12.1. The number of ether oxygens (including phenoxy) is 1. The molecule has 0 saturated carbocycles. The lowest BCUT2D eigenvalue weighted by molar-refractivity contribution is -0.141.